The fraction of sp³-hybridized carbons (Fsp3) is 0.0137. The first-order chi connectivity index (χ1) is 38.1. The van der Waals surface area contributed by atoms with E-state index < -0.39 is 0 Å². The number of allylic oxidation sites excluding steroid dienone is 1. The number of carbonyl (C=O) groups is 1. The van der Waals surface area contributed by atoms with Crippen molar-refractivity contribution in [2.24, 2.45) is 4.99 Å². The van der Waals surface area contributed by atoms with Gasteiger partial charge in [0.05, 0.1) is 22.4 Å². The van der Waals surface area contributed by atoms with Crippen LogP contribution in [0.2, 0.25) is 0 Å². The number of benzene rings is 13. The predicted molar refractivity (Wildman–Crippen MR) is 324 cm³/mol. The van der Waals surface area contributed by atoms with Crippen LogP contribution in [0.4, 0.5) is 5.69 Å². The largest absolute Gasteiger partial charge is 0.289 e. The van der Waals surface area contributed by atoms with E-state index in [0.29, 0.717) is 0 Å². The standard InChI is InChI=1S/C36H22N2.C22H15N.C15H12O/c1-3-10-24(11-4-1)30-22-31(25-12-5-2-6-13-25)28-19-21-33-35-32(20-18-27(30)34(28)35)37-36(38-33)29-17-9-15-23-14-7-8-16-26(23)29;1-2-11-18-15(6-1)7-4-12-19(18)21-14-17-10-3-8-16-9-5-13-20(23-21)22(16)17;16-15(14-9-5-2-6-10-14)12-11-13-7-3-1-4-8-13/h1-22H;1-13H,14H2;1-12H/b;;12-11+. The molecule has 362 valence electrons. The van der Waals surface area contributed by atoms with E-state index in [-0.39, 0.29) is 5.78 Å². The molecule has 0 unspecified atom stereocenters. The number of ketones is 1. The molecule has 14 aromatic rings. The van der Waals surface area contributed by atoms with Gasteiger partial charge in [0.1, 0.15) is 0 Å². The lowest BCUT2D eigenvalue weighted by Crippen LogP contribution is -2.09. The highest BCUT2D eigenvalue weighted by molar-refractivity contribution is 6.27. The van der Waals surface area contributed by atoms with Crippen molar-refractivity contribution < 1.29 is 4.79 Å². The van der Waals surface area contributed by atoms with Crippen LogP contribution in [0.1, 0.15) is 27.0 Å². The first kappa shape index (κ1) is 46.6. The van der Waals surface area contributed by atoms with Crippen LogP contribution in [-0.4, -0.2) is 21.5 Å². The Hall–Kier alpha value is -10.2. The number of rotatable bonds is 7. The van der Waals surface area contributed by atoms with Crippen molar-refractivity contribution in [1.29, 1.82) is 0 Å². The normalized spacial score (nSPS) is 11.9. The molecular formula is C73H49N3O. The summed E-state index contributed by atoms with van der Waals surface area (Å²) in [4.78, 5) is 27.0. The lowest BCUT2D eigenvalue weighted by atomic mass is 9.87. The molecule has 0 saturated carbocycles. The number of aromatic nitrogens is 2. The van der Waals surface area contributed by atoms with E-state index >= 15 is 0 Å². The van der Waals surface area contributed by atoms with Crippen LogP contribution in [0.5, 0.6) is 0 Å². The van der Waals surface area contributed by atoms with Gasteiger partial charge in [0.15, 0.2) is 11.6 Å². The first-order valence-corrected chi connectivity index (χ1v) is 26.1. The molecule has 0 radical (unpaired) electrons. The number of aliphatic imine (C=N–C) groups is 1. The molecule has 1 aliphatic rings. The molecule has 4 nitrogen and oxygen atoms in total. The van der Waals surface area contributed by atoms with Gasteiger partial charge in [0, 0.05) is 39.3 Å². The first-order valence-electron chi connectivity index (χ1n) is 26.1. The van der Waals surface area contributed by atoms with Crippen molar-refractivity contribution in [3.05, 3.63) is 301 Å². The van der Waals surface area contributed by atoms with Gasteiger partial charge in [0.25, 0.3) is 0 Å². The third-order valence-electron chi connectivity index (χ3n) is 14.6. The highest BCUT2D eigenvalue weighted by Crippen LogP contribution is 2.44. The Balaban J connectivity index is 0.000000123. The van der Waals surface area contributed by atoms with Gasteiger partial charge in [-0.05, 0) is 101 Å². The van der Waals surface area contributed by atoms with Crippen molar-refractivity contribution in [1.82, 2.24) is 9.97 Å². The monoisotopic (exact) mass is 983 g/mol. The second-order valence-corrected chi connectivity index (χ2v) is 19.3. The number of nitrogens with zero attached hydrogens (tertiary/aromatic N) is 3. The zero-order valence-electron chi connectivity index (χ0n) is 42.1. The minimum atomic E-state index is 0.0319. The zero-order valence-corrected chi connectivity index (χ0v) is 42.1. The van der Waals surface area contributed by atoms with Gasteiger partial charge < -0.3 is 0 Å². The molecule has 1 aromatic heterocycles. The molecule has 0 N–H and O–H groups in total. The quantitative estimate of drug-likeness (QED) is 0.0908. The summed E-state index contributed by atoms with van der Waals surface area (Å²) in [6.07, 6.45) is 4.32. The minimum absolute atomic E-state index is 0.0319. The Morgan fingerprint density at radius 2 is 0.870 bits per heavy atom. The molecule has 1 aliphatic heterocycles. The zero-order chi connectivity index (χ0) is 51.5. The van der Waals surface area contributed by atoms with Gasteiger partial charge in [-0.2, -0.15) is 0 Å². The van der Waals surface area contributed by atoms with Crippen LogP contribution in [-0.2, 0) is 6.42 Å². The molecule has 13 aromatic carbocycles. The molecule has 0 atom stereocenters. The molecular weight excluding hydrogens is 935 g/mol. The Bertz CT molecular complexity index is 4410. The van der Waals surface area contributed by atoms with Gasteiger partial charge in [-0.25, -0.2) is 9.97 Å². The van der Waals surface area contributed by atoms with Crippen molar-refractivity contribution in [3.8, 4) is 33.6 Å². The molecule has 0 spiro atoms. The average molecular weight is 984 g/mol. The number of carbonyl (C=O) groups excluding carboxylic acids is 1. The third kappa shape index (κ3) is 9.19. The Morgan fingerprint density at radius 3 is 1.49 bits per heavy atom. The van der Waals surface area contributed by atoms with E-state index in [1.165, 1.54) is 81.9 Å². The second-order valence-electron chi connectivity index (χ2n) is 19.3. The van der Waals surface area contributed by atoms with Crippen molar-refractivity contribution >= 4 is 88.2 Å². The molecule has 4 heteroatoms. The summed E-state index contributed by atoms with van der Waals surface area (Å²) < 4.78 is 0. The molecule has 0 saturated heterocycles. The Kier molecular flexibility index (Phi) is 12.5. The van der Waals surface area contributed by atoms with Crippen molar-refractivity contribution in [2.45, 2.75) is 6.42 Å². The van der Waals surface area contributed by atoms with Crippen LogP contribution in [0, 0.1) is 0 Å². The van der Waals surface area contributed by atoms with Crippen LogP contribution >= 0.6 is 0 Å². The topological polar surface area (TPSA) is 55.2 Å². The van der Waals surface area contributed by atoms with E-state index in [1.54, 1.807) is 6.08 Å². The molecule has 0 amide bonds. The SMILES string of the molecule is O=C(/C=C/c1ccccc1)c1ccccc1.c1ccc(-c2cc(-c3ccccc3)c3ccc4nc(-c5cccc6ccccc56)nc5ccc2c3c54)cc1.c1ccc2c(C3=Nc4cccc5cccc(c45)C3)cccc2c1. The van der Waals surface area contributed by atoms with E-state index in [4.69, 9.17) is 15.0 Å². The molecule has 0 fully saturated rings. The summed E-state index contributed by atoms with van der Waals surface area (Å²) in [5.74, 6) is 0.795. The summed E-state index contributed by atoms with van der Waals surface area (Å²) in [6.45, 7) is 0. The summed E-state index contributed by atoms with van der Waals surface area (Å²) in [5.41, 5.74) is 14.5. The maximum absolute atomic E-state index is 11.7. The van der Waals surface area contributed by atoms with Crippen LogP contribution in [0.15, 0.2) is 284 Å². The van der Waals surface area contributed by atoms with Crippen LogP contribution in [0.25, 0.3) is 105 Å². The van der Waals surface area contributed by atoms with Gasteiger partial charge in [0.2, 0.25) is 0 Å². The Labute approximate surface area is 447 Å². The highest BCUT2D eigenvalue weighted by Gasteiger charge is 2.20. The van der Waals surface area contributed by atoms with Gasteiger partial charge in [-0.3, -0.25) is 9.79 Å². The Morgan fingerprint density at radius 1 is 0.377 bits per heavy atom. The summed E-state index contributed by atoms with van der Waals surface area (Å²) in [6, 6.07) is 94.2. The lowest BCUT2D eigenvalue weighted by molar-refractivity contribution is 0.104. The predicted octanol–water partition coefficient (Wildman–Crippen LogP) is 18.8. The maximum atomic E-state index is 11.7. The second kappa shape index (κ2) is 20.6. The van der Waals surface area contributed by atoms with Crippen molar-refractivity contribution in [3.63, 3.8) is 0 Å². The number of hydrogen-bond donors (Lipinski definition) is 0. The van der Waals surface area contributed by atoms with Crippen LogP contribution in [0.3, 0.4) is 0 Å². The highest BCUT2D eigenvalue weighted by atomic mass is 16.1. The molecule has 0 bridgehead atoms. The lowest BCUT2D eigenvalue weighted by Gasteiger charge is -2.18. The number of hydrogen-bond acceptors (Lipinski definition) is 4. The smallest absolute Gasteiger partial charge is 0.185 e. The number of fused-ring (bicyclic) bond motifs is 2. The van der Waals surface area contributed by atoms with E-state index in [1.807, 2.05) is 66.7 Å². The minimum Gasteiger partial charge on any atom is -0.289 e. The summed E-state index contributed by atoms with van der Waals surface area (Å²) in [7, 11) is 0. The third-order valence-corrected chi connectivity index (χ3v) is 14.6. The van der Waals surface area contributed by atoms with Gasteiger partial charge in [-0.15, -0.1) is 0 Å². The maximum Gasteiger partial charge on any atom is 0.185 e. The fourth-order valence-corrected chi connectivity index (χ4v) is 11.0. The van der Waals surface area contributed by atoms with E-state index in [2.05, 4.69) is 212 Å². The molecule has 77 heavy (non-hydrogen) atoms. The van der Waals surface area contributed by atoms with Gasteiger partial charge in [-0.1, -0.05) is 255 Å². The summed E-state index contributed by atoms with van der Waals surface area (Å²) in [5, 5.41) is 12.3. The molecule has 0 aliphatic carbocycles. The average Bonchev–Trinajstić information content (AvgIpc) is 3.54. The fourth-order valence-electron chi connectivity index (χ4n) is 11.0. The summed E-state index contributed by atoms with van der Waals surface area (Å²) >= 11 is 0. The van der Waals surface area contributed by atoms with Gasteiger partial charge >= 0.3 is 0 Å². The van der Waals surface area contributed by atoms with Crippen molar-refractivity contribution in [2.75, 3.05) is 0 Å². The molecule has 2 heterocycles. The van der Waals surface area contributed by atoms with Crippen LogP contribution < -0.4 is 0 Å². The van der Waals surface area contributed by atoms with E-state index in [0.717, 1.165) is 56.8 Å². The molecule has 15 rings (SSSR count). The van der Waals surface area contributed by atoms with E-state index in [9.17, 15) is 4.79 Å².